The van der Waals surface area contributed by atoms with E-state index in [-0.39, 0.29) is 0 Å². The summed E-state index contributed by atoms with van der Waals surface area (Å²) >= 11 is 0. The van der Waals surface area contributed by atoms with Gasteiger partial charge >= 0.3 is 0 Å². The van der Waals surface area contributed by atoms with Crippen LogP contribution in [-0.4, -0.2) is 41.6 Å². The van der Waals surface area contributed by atoms with Crippen molar-refractivity contribution in [2.45, 2.75) is 51.6 Å². The lowest BCUT2D eigenvalue weighted by molar-refractivity contribution is 0.214. The zero-order chi connectivity index (χ0) is 13.5. The maximum Gasteiger partial charge on any atom is 0.0300 e. The van der Waals surface area contributed by atoms with Gasteiger partial charge in [-0.05, 0) is 57.3 Å². The molecule has 0 saturated carbocycles. The lowest BCUT2D eigenvalue weighted by Gasteiger charge is -2.32. The third kappa shape index (κ3) is 4.92. The van der Waals surface area contributed by atoms with Crippen molar-refractivity contribution in [1.29, 1.82) is 0 Å². The standard InChI is InChI=1S/C16H27N3/c1-3-16-8-12-19(10-6-14(2)18-16)11-7-15-5-4-9-17-13-15/h4-5,9,13-14,16,18H,3,6-8,10-12H2,1-2H3. The minimum Gasteiger partial charge on any atom is -0.311 e. The molecule has 1 aliphatic rings. The van der Waals surface area contributed by atoms with E-state index in [4.69, 9.17) is 0 Å². The van der Waals surface area contributed by atoms with Crippen molar-refractivity contribution in [3.8, 4) is 0 Å². The Labute approximate surface area is 117 Å². The second-order valence-electron chi connectivity index (χ2n) is 5.70. The van der Waals surface area contributed by atoms with Crippen LogP contribution in [0, 0.1) is 0 Å². The van der Waals surface area contributed by atoms with E-state index in [9.17, 15) is 0 Å². The Kier molecular flexibility index (Phi) is 5.80. The summed E-state index contributed by atoms with van der Waals surface area (Å²) in [5.74, 6) is 0. The molecule has 1 aliphatic heterocycles. The Hall–Kier alpha value is -0.930. The van der Waals surface area contributed by atoms with Gasteiger partial charge in [-0.1, -0.05) is 13.0 Å². The first-order chi connectivity index (χ1) is 9.28. The van der Waals surface area contributed by atoms with Crippen LogP contribution in [0.4, 0.5) is 0 Å². The fraction of sp³-hybridized carbons (Fsp3) is 0.688. The highest BCUT2D eigenvalue weighted by Gasteiger charge is 2.17. The molecule has 0 spiro atoms. The molecule has 0 aromatic carbocycles. The van der Waals surface area contributed by atoms with E-state index in [2.05, 4.69) is 35.1 Å². The molecule has 106 valence electrons. The van der Waals surface area contributed by atoms with Gasteiger partial charge in [0.05, 0.1) is 0 Å². The van der Waals surface area contributed by atoms with E-state index in [0.29, 0.717) is 12.1 Å². The number of nitrogens with one attached hydrogen (secondary N) is 1. The molecule has 0 radical (unpaired) electrons. The molecule has 2 rings (SSSR count). The highest BCUT2D eigenvalue weighted by Crippen LogP contribution is 2.10. The molecular formula is C16H27N3. The van der Waals surface area contributed by atoms with Crippen molar-refractivity contribution >= 4 is 0 Å². The summed E-state index contributed by atoms with van der Waals surface area (Å²) in [5.41, 5.74) is 1.35. The number of nitrogens with zero attached hydrogens (tertiary/aromatic N) is 2. The van der Waals surface area contributed by atoms with Crippen molar-refractivity contribution in [3.63, 3.8) is 0 Å². The molecule has 19 heavy (non-hydrogen) atoms. The van der Waals surface area contributed by atoms with Crippen molar-refractivity contribution in [3.05, 3.63) is 30.1 Å². The largest absolute Gasteiger partial charge is 0.311 e. The average Bonchev–Trinajstić information content (AvgIpc) is 2.43. The van der Waals surface area contributed by atoms with Crippen LogP contribution in [0.2, 0.25) is 0 Å². The van der Waals surface area contributed by atoms with Gasteiger partial charge in [0.25, 0.3) is 0 Å². The minimum absolute atomic E-state index is 0.645. The van der Waals surface area contributed by atoms with Crippen LogP contribution in [0.1, 0.15) is 38.7 Å². The van der Waals surface area contributed by atoms with Gasteiger partial charge in [-0.2, -0.15) is 0 Å². The Morgan fingerprint density at radius 2 is 2.21 bits per heavy atom. The zero-order valence-corrected chi connectivity index (χ0v) is 12.3. The summed E-state index contributed by atoms with van der Waals surface area (Å²) in [6.45, 7) is 8.19. The molecule has 0 aliphatic carbocycles. The fourth-order valence-electron chi connectivity index (χ4n) is 2.77. The molecule has 0 bridgehead atoms. The summed E-state index contributed by atoms with van der Waals surface area (Å²) in [6.07, 6.45) is 8.71. The van der Waals surface area contributed by atoms with Crippen molar-refractivity contribution < 1.29 is 0 Å². The molecule has 1 aromatic rings. The number of rotatable bonds is 4. The first kappa shape index (κ1) is 14.5. The van der Waals surface area contributed by atoms with Gasteiger partial charge in [0, 0.05) is 31.0 Å². The van der Waals surface area contributed by atoms with Crippen molar-refractivity contribution in [2.24, 2.45) is 0 Å². The Balaban J connectivity index is 1.82. The molecular weight excluding hydrogens is 234 g/mol. The van der Waals surface area contributed by atoms with Gasteiger partial charge in [-0.25, -0.2) is 0 Å². The molecule has 2 heterocycles. The quantitative estimate of drug-likeness (QED) is 0.902. The SMILES string of the molecule is CCC1CCN(CCc2cccnc2)CCC(C)N1. The predicted molar refractivity (Wildman–Crippen MR) is 80.3 cm³/mol. The van der Waals surface area contributed by atoms with E-state index in [0.717, 1.165) is 13.0 Å². The predicted octanol–water partition coefficient (Wildman–Crippen LogP) is 2.48. The summed E-state index contributed by atoms with van der Waals surface area (Å²) in [7, 11) is 0. The van der Waals surface area contributed by atoms with Crippen LogP contribution in [0.5, 0.6) is 0 Å². The molecule has 2 unspecified atom stereocenters. The number of pyridine rings is 1. The van der Waals surface area contributed by atoms with E-state index in [1.807, 2.05) is 18.5 Å². The monoisotopic (exact) mass is 261 g/mol. The maximum atomic E-state index is 4.19. The van der Waals surface area contributed by atoms with Gasteiger partial charge in [0.1, 0.15) is 0 Å². The fourth-order valence-corrected chi connectivity index (χ4v) is 2.77. The first-order valence-corrected chi connectivity index (χ1v) is 7.65. The maximum absolute atomic E-state index is 4.19. The van der Waals surface area contributed by atoms with Gasteiger partial charge in [0.15, 0.2) is 0 Å². The molecule has 1 N–H and O–H groups in total. The van der Waals surface area contributed by atoms with Gasteiger partial charge in [-0.3, -0.25) is 4.98 Å². The number of hydrogen-bond acceptors (Lipinski definition) is 3. The van der Waals surface area contributed by atoms with E-state index in [1.54, 1.807) is 0 Å². The normalized spacial score (nSPS) is 25.8. The van der Waals surface area contributed by atoms with Crippen LogP contribution < -0.4 is 5.32 Å². The summed E-state index contributed by atoms with van der Waals surface area (Å²) < 4.78 is 0. The summed E-state index contributed by atoms with van der Waals surface area (Å²) in [6, 6.07) is 5.54. The van der Waals surface area contributed by atoms with Crippen LogP contribution >= 0.6 is 0 Å². The van der Waals surface area contributed by atoms with Crippen LogP contribution in [0.15, 0.2) is 24.5 Å². The second kappa shape index (κ2) is 7.61. The highest BCUT2D eigenvalue weighted by atomic mass is 15.1. The van der Waals surface area contributed by atoms with Gasteiger partial charge < -0.3 is 10.2 Å². The third-order valence-electron chi connectivity index (χ3n) is 4.12. The number of aromatic nitrogens is 1. The summed E-state index contributed by atoms with van der Waals surface area (Å²) in [5, 5.41) is 3.73. The van der Waals surface area contributed by atoms with Crippen molar-refractivity contribution in [1.82, 2.24) is 15.2 Å². The second-order valence-corrected chi connectivity index (χ2v) is 5.70. The van der Waals surface area contributed by atoms with E-state index in [1.165, 1.54) is 37.9 Å². The highest BCUT2D eigenvalue weighted by molar-refractivity contribution is 5.08. The Bertz CT molecular complexity index is 352. The van der Waals surface area contributed by atoms with Gasteiger partial charge in [-0.15, -0.1) is 0 Å². The average molecular weight is 261 g/mol. The molecule has 3 nitrogen and oxygen atoms in total. The zero-order valence-electron chi connectivity index (χ0n) is 12.3. The molecule has 1 aromatic heterocycles. The molecule has 3 heteroatoms. The topological polar surface area (TPSA) is 28.2 Å². The Morgan fingerprint density at radius 3 is 2.95 bits per heavy atom. The Morgan fingerprint density at radius 1 is 1.37 bits per heavy atom. The van der Waals surface area contributed by atoms with Crippen LogP contribution in [-0.2, 0) is 6.42 Å². The summed E-state index contributed by atoms with van der Waals surface area (Å²) in [4.78, 5) is 6.81. The smallest absolute Gasteiger partial charge is 0.0300 e. The van der Waals surface area contributed by atoms with Crippen molar-refractivity contribution in [2.75, 3.05) is 19.6 Å². The third-order valence-corrected chi connectivity index (χ3v) is 4.12. The first-order valence-electron chi connectivity index (χ1n) is 7.65. The van der Waals surface area contributed by atoms with Crippen LogP contribution in [0.3, 0.4) is 0 Å². The minimum atomic E-state index is 0.645. The number of hydrogen-bond donors (Lipinski definition) is 1. The lowest BCUT2D eigenvalue weighted by atomic mass is 10.1. The molecule has 0 amide bonds. The lowest BCUT2D eigenvalue weighted by Crippen LogP contribution is -2.44. The van der Waals surface area contributed by atoms with Gasteiger partial charge in [0.2, 0.25) is 0 Å². The molecule has 1 saturated heterocycles. The van der Waals surface area contributed by atoms with E-state index < -0.39 is 0 Å². The molecule has 2 atom stereocenters. The van der Waals surface area contributed by atoms with E-state index >= 15 is 0 Å². The molecule has 1 fully saturated rings. The van der Waals surface area contributed by atoms with Crippen LogP contribution in [0.25, 0.3) is 0 Å².